The second-order valence-corrected chi connectivity index (χ2v) is 7.26. The fourth-order valence-electron chi connectivity index (χ4n) is 2.93. The summed E-state index contributed by atoms with van der Waals surface area (Å²) in [5.41, 5.74) is 1.65. The molecule has 26 heavy (non-hydrogen) atoms. The lowest BCUT2D eigenvalue weighted by Crippen LogP contribution is -2.35. The van der Waals surface area contributed by atoms with Crippen LogP contribution in [0.3, 0.4) is 0 Å². The van der Waals surface area contributed by atoms with Gasteiger partial charge in [0.05, 0.1) is 0 Å². The highest BCUT2D eigenvalue weighted by molar-refractivity contribution is 7.84. The summed E-state index contributed by atoms with van der Waals surface area (Å²) >= 11 is 0. The average Bonchev–Trinajstić information content (AvgIpc) is 2.59. The number of benzene rings is 2. The molecule has 0 saturated heterocycles. The van der Waals surface area contributed by atoms with Crippen LogP contribution in [0.25, 0.3) is 0 Å². The number of hydrogen-bond donors (Lipinski definition) is 0. The van der Waals surface area contributed by atoms with Crippen molar-refractivity contribution in [2.75, 3.05) is 17.7 Å². The van der Waals surface area contributed by atoms with Gasteiger partial charge in [-0.25, -0.2) is 0 Å². The maximum atomic E-state index is 12.8. The lowest BCUT2D eigenvalue weighted by molar-refractivity contribution is -0.274. The predicted octanol–water partition coefficient (Wildman–Crippen LogP) is 3.92. The number of anilines is 1. The van der Waals surface area contributed by atoms with Crippen LogP contribution in [0.1, 0.15) is 22.3 Å². The molecule has 0 bridgehead atoms. The third kappa shape index (κ3) is 4.07. The Hall–Kier alpha value is -2.35. The first kappa shape index (κ1) is 18.4. The Kier molecular flexibility index (Phi) is 5.04. The number of nitrogens with zero attached hydrogens (tertiary/aromatic N) is 1. The van der Waals surface area contributed by atoms with Crippen LogP contribution >= 0.6 is 0 Å². The second-order valence-electron chi connectivity index (χ2n) is 5.88. The summed E-state index contributed by atoms with van der Waals surface area (Å²) in [6.45, 7) is 0.479. The molecule has 1 aliphatic rings. The van der Waals surface area contributed by atoms with Crippen molar-refractivity contribution >= 4 is 22.4 Å². The summed E-state index contributed by atoms with van der Waals surface area (Å²) < 4.78 is 52.5. The van der Waals surface area contributed by atoms with Gasteiger partial charge in [0.1, 0.15) is 5.75 Å². The molecule has 2 aromatic carbocycles. The van der Waals surface area contributed by atoms with Crippen molar-refractivity contribution < 1.29 is 26.9 Å². The van der Waals surface area contributed by atoms with Gasteiger partial charge < -0.3 is 9.64 Å². The Morgan fingerprint density at radius 1 is 1.15 bits per heavy atom. The van der Waals surface area contributed by atoms with Gasteiger partial charge >= 0.3 is 6.36 Å². The molecule has 0 radical (unpaired) electrons. The highest BCUT2D eigenvalue weighted by atomic mass is 32.2. The van der Waals surface area contributed by atoms with E-state index in [0.717, 1.165) is 0 Å². The largest absolute Gasteiger partial charge is 0.573 e. The predicted molar refractivity (Wildman–Crippen MR) is 91.9 cm³/mol. The molecule has 1 unspecified atom stereocenters. The van der Waals surface area contributed by atoms with E-state index in [1.54, 1.807) is 35.4 Å². The molecule has 1 atom stereocenters. The van der Waals surface area contributed by atoms with Gasteiger partial charge in [-0.2, -0.15) is 0 Å². The Balaban J connectivity index is 1.86. The molecule has 0 N–H and O–H groups in total. The van der Waals surface area contributed by atoms with E-state index >= 15 is 0 Å². The summed E-state index contributed by atoms with van der Waals surface area (Å²) in [5.74, 6) is -0.538. The molecule has 0 fully saturated rings. The normalized spacial score (nSPS) is 15.3. The van der Waals surface area contributed by atoms with E-state index in [1.807, 2.05) is 0 Å². The number of hydrogen-bond acceptors (Lipinski definition) is 3. The molecule has 1 amide bonds. The molecule has 0 aromatic heterocycles. The van der Waals surface area contributed by atoms with Gasteiger partial charge in [-0.15, -0.1) is 13.2 Å². The molecule has 0 spiro atoms. The number of halogens is 3. The zero-order valence-electron chi connectivity index (χ0n) is 13.9. The minimum absolute atomic E-state index is 0.246. The molecular weight excluding hydrogens is 367 g/mol. The summed E-state index contributed by atoms with van der Waals surface area (Å²) in [6.07, 6.45) is -1.98. The SMILES string of the molecule is CS(=O)c1ccc(C(=O)N2CCCc3cc(OC(F)(F)F)ccc32)cc1. The van der Waals surface area contributed by atoms with E-state index < -0.39 is 17.2 Å². The molecule has 4 nitrogen and oxygen atoms in total. The number of ether oxygens (including phenoxy) is 1. The van der Waals surface area contributed by atoms with Gasteiger partial charge in [-0.1, -0.05) is 0 Å². The first-order chi connectivity index (χ1) is 12.2. The molecule has 1 heterocycles. The monoisotopic (exact) mass is 383 g/mol. The van der Waals surface area contributed by atoms with Crippen LogP contribution in [0.15, 0.2) is 47.4 Å². The van der Waals surface area contributed by atoms with E-state index in [0.29, 0.717) is 41.1 Å². The van der Waals surface area contributed by atoms with Crippen LogP contribution in [0.5, 0.6) is 5.75 Å². The van der Waals surface area contributed by atoms with E-state index in [2.05, 4.69) is 4.74 Å². The lowest BCUT2D eigenvalue weighted by Gasteiger charge is -2.30. The highest BCUT2D eigenvalue weighted by Crippen LogP contribution is 2.33. The number of alkyl halides is 3. The van der Waals surface area contributed by atoms with Crippen molar-refractivity contribution in [1.29, 1.82) is 0 Å². The molecule has 138 valence electrons. The number of carbonyl (C=O) groups is 1. The fourth-order valence-corrected chi connectivity index (χ4v) is 3.45. The van der Waals surface area contributed by atoms with Crippen LogP contribution in [0.2, 0.25) is 0 Å². The number of rotatable bonds is 3. The van der Waals surface area contributed by atoms with Crippen molar-refractivity contribution in [1.82, 2.24) is 0 Å². The number of fused-ring (bicyclic) bond motifs is 1. The van der Waals surface area contributed by atoms with E-state index in [-0.39, 0.29) is 11.7 Å². The molecule has 2 aromatic rings. The van der Waals surface area contributed by atoms with Gasteiger partial charge in [-0.3, -0.25) is 9.00 Å². The first-order valence-electron chi connectivity index (χ1n) is 7.88. The van der Waals surface area contributed by atoms with E-state index in [9.17, 15) is 22.2 Å². The minimum Gasteiger partial charge on any atom is -0.406 e. The van der Waals surface area contributed by atoms with E-state index in [1.165, 1.54) is 18.2 Å². The van der Waals surface area contributed by atoms with Crippen molar-refractivity contribution in [3.05, 3.63) is 53.6 Å². The highest BCUT2D eigenvalue weighted by Gasteiger charge is 2.32. The Bertz CT molecular complexity index is 850. The lowest BCUT2D eigenvalue weighted by atomic mass is 10.0. The van der Waals surface area contributed by atoms with Gasteiger partial charge in [0.25, 0.3) is 5.91 Å². The third-order valence-corrected chi connectivity index (χ3v) is 5.02. The topological polar surface area (TPSA) is 46.6 Å². The van der Waals surface area contributed by atoms with Crippen molar-refractivity contribution in [2.24, 2.45) is 0 Å². The quantitative estimate of drug-likeness (QED) is 0.807. The molecule has 8 heteroatoms. The molecular formula is C18H16F3NO3S. The third-order valence-electron chi connectivity index (χ3n) is 4.08. The minimum atomic E-state index is -4.75. The van der Waals surface area contributed by atoms with Crippen LogP contribution in [-0.2, 0) is 17.2 Å². The van der Waals surface area contributed by atoms with Crippen LogP contribution in [-0.4, -0.2) is 29.3 Å². The van der Waals surface area contributed by atoms with Crippen LogP contribution in [0, 0.1) is 0 Å². The molecule has 1 aliphatic heterocycles. The smallest absolute Gasteiger partial charge is 0.406 e. The summed E-state index contributed by atoms with van der Waals surface area (Å²) in [5, 5.41) is 0. The summed E-state index contributed by atoms with van der Waals surface area (Å²) in [6, 6.07) is 10.5. The van der Waals surface area contributed by atoms with Crippen LogP contribution < -0.4 is 9.64 Å². The van der Waals surface area contributed by atoms with Gasteiger partial charge in [0.2, 0.25) is 0 Å². The first-order valence-corrected chi connectivity index (χ1v) is 9.44. The summed E-state index contributed by atoms with van der Waals surface area (Å²) in [7, 11) is -1.13. The van der Waals surface area contributed by atoms with Crippen molar-refractivity contribution in [3.63, 3.8) is 0 Å². The standard InChI is InChI=1S/C18H16F3NO3S/c1-26(24)15-7-4-12(5-8-15)17(23)22-10-2-3-13-11-14(6-9-16(13)22)25-18(19,20)21/h4-9,11H,2-3,10H2,1H3. The number of aryl methyl sites for hydroxylation is 1. The molecule has 3 rings (SSSR count). The summed E-state index contributed by atoms with van der Waals surface area (Å²) in [4.78, 5) is 15.0. The Morgan fingerprint density at radius 3 is 2.46 bits per heavy atom. The van der Waals surface area contributed by atoms with E-state index in [4.69, 9.17) is 0 Å². The average molecular weight is 383 g/mol. The maximum Gasteiger partial charge on any atom is 0.573 e. The number of amides is 1. The molecule has 0 saturated carbocycles. The van der Waals surface area contributed by atoms with Gasteiger partial charge in [0.15, 0.2) is 0 Å². The fraction of sp³-hybridized carbons (Fsp3) is 0.278. The zero-order chi connectivity index (χ0) is 18.9. The van der Waals surface area contributed by atoms with Crippen molar-refractivity contribution in [3.8, 4) is 5.75 Å². The maximum absolute atomic E-state index is 12.8. The number of carbonyl (C=O) groups excluding carboxylic acids is 1. The van der Waals surface area contributed by atoms with Gasteiger partial charge in [0, 0.05) is 39.7 Å². The molecule has 0 aliphatic carbocycles. The Morgan fingerprint density at radius 2 is 1.85 bits per heavy atom. The Labute approximate surface area is 151 Å². The zero-order valence-corrected chi connectivity index (χ0v) is 14.7. The van der Waals surface area contributed by atoms with Crippen LogP contribution in [0.4, 0.5) is 18.9 Å². The van der Waals surface area contributed by atoms with Crippen molar-refractivity contribution in [2.45, 2.75) is 24.1 Å². The second kappa shape index (κ2) is 7.11. The van der Waals surface area contributed by atoms with Gasteiger partial charge in [-0.05, 0) is 60.9 Å².